The number of nitrogens with two attached hydrogens (primary N) is 2. The standard InChI is InChI=1S/C18H30O3S.C4H13N3/c1-2-3-4-5-6-7-8-9-10-11-12-17-13-15-18(16-14-17)22(19,20)21;5-1-3-7-4-2-6/h13-16H,2-12H2,1H3,(H,19,20,21);7H,1-6H2. The van der Waals surface area contributed by atoms with E-state index in [1.165, 1.54) is 69.9 Å². The van der Waals surface area contributed by atoms with Gasteiger partial charge in [-0.2, -0.15) is 8.42 Å². The van der Waals surface area contributed by atoms with Crippen LogP contribution in [0.3, 0.4) is 0 Å². The minimum absolute atomic E-state index is 0.0284. The zero-order valence-electron chi connectivity index (χ0n) is 18.2. The van der Waals surface area contributed by atoms with Crippen LogP contribution in [0.5, 0.6) is 0 Å². The van der Waals surface area contributed by atoms with E-state index in [0.717, 1.165) is 31.5 Å². The molecule has 1 rings (SSSR count). The van der Waals surface area contributed by atoms with Crippen molar-refractivity contribution in [1.82, 2.24) is 5.32 Å². The molecule has 6 N–H and O–H groups in total. The summed E-state index contributed by atoms with van der Waals surface area (Å²) >= 11 is 0. The second kappa shape index (κ2) is 19.0. The summed E-state index contributed by atoms with van der Waals surface area (Å²) in [5.41, 5.74) is 11.5. The number of unbranched alkanes of at least 4 members (excludes halogenated alkanes) is 9. The molecule has 1 aromatic carbocycles. The predicted molar refractivity (Wildman–Crippen MR) is 123 cm³/mol. The van der Waals surface area contributed by atoms with Crippen molar-refractivity contribution >= 4 is 10.1 Å². The molecular formula is C22H43N3O3S. The van der Waals surface area contributed by atoms with Gasteiger partial charge in [-0.15, -0.1) is 0 Å². The highest BCUT2D eigenvalue weighted by molar-refractivity contribution is 7.85. The van der Waals surface area contributed by atoms with Crippen LogP contribution in [-0.2, 0) is 16.5 Å². The lowest BCUT2D eigenvalue weighted by Gasteiger charge is -2.04. The van der Waals surface area contributed by atoms with E-state index in [-0.39, 0.29) is 4.90 Å². The van der Waals surface area contributed by atoms with E-state index in [4.69, 9.17) is 16.0 Å². The molecule has 0 aromatic heterocycles. The largest absolute Gasteiger partial charge is 0.329 e. The molecule has 0 saturated heterocycles. The molecule has 0 saturated carbocycles. The van der Waals surface area contributed by atoms with Crippen molar-refractivity contribution in [3.05, 3.63) is 29.8 Å². The number of hydrogen-bond donors (Lipinski definition) is 4. The number of benzene rings is 1. The van der Waals surface area contributed by atoms with E-state index in [2.05, 4.69) is 12.2 Å². The molecule has 0 aliphatic rings. The highest BCUT2D eigenvalue weighted by Crippen LogP contribution is 2.14. The molecule has 0 heterocycles. The number of hydrogen-bond acceptors (Lipinski definition) is 5. The smallest absolute Gasteiger partial charge is 0.294 e. The van der Waals surface area contributed by atoms with Crippen LogP contribution < -0.4 is 16.8 Å². The van der Waals surface area contributed by atoms with Crippen LogP contribution in [0.25, 0.3) is 0 Å². The summed E-state index contributed by atoms with van der Waals surface area (Å²) in [4.78, 5) is -0.0284. The Morgan fingerprint density at radius 3 is 1.66 bits per heavy atom. The van der Waals surface area contributed by atoms with Gasteiger partial charge in [-0.05, 0) is 30.5 Å². The Morgan fingerprint density at radius 2 is 1.24 bits per heavy atom. The van der Waals surface area contributed by atoms with Gasteiger partial charge in [0.05, 0.1) is 4.90 Å². The van der Waals surface area contributed by atoms with E-state index in [1.54, 1.807) is 12.1 Å². The highest BCUT2D eigenvalue weighted by atomic mass is 32.2. The molecule has 1 aromatic rings. The maximum atomic E-state index is 10.9. The fourth-order valence-electron chi connectivity index (χ4n) is 2.97. The van der Waals surface area contributed by atoms with Crippen molar-refractivity contribution in [3.63, 3.8) is 0 Å². The molecule has 0 aliphatic heterocycles. The Labute approximate surface area is 178 Å². The van der Waals surface area contributed by atoms with E-state index in [0.29, 0.717) is 13.1 Å². The average molecular weight is 430 g/mol. The van der Waals surface area contributed by atoms with Gasteiger partial charge in [0.15, 0.2) is 0 Å². The van der Waals surface area contributed by atoms with Crippen LogP contribution in [0.2, 0.25) is 0 Å². The van der Waals surface area contributed by atoms with Gasteiger partial charge in [0.1, 0.15) is 0 Å². The molecule has 0 unspecified atom stereocenters. The van der Waals surface area contributed by atoms with Crippen molar-refractivity contribution in [3.8, 4) is 0 Å². The monoisotopic (exact) mass is 429 g/mol. The van der Waals surface area contributed by atoms with Gasteiger partial charge in [0.2, 0.25) is 0 Å². The van der Waals surface area contributed by atoms with Gasteiger partial charge in [0, 0.05) is 26.2 Å². The zero-order valence-corrected chi connectivity index (χ0v) is 19.1. The second-order valence-corrected chi connectivity index (χ2v) is 8.80. The van der Waals surface area contributed by atoms with Crippen molar-refractivity contribution in [1.29, 1.82) is 0 Å². The van der Waals surface area contributed by atoms with E-state index in [9.17, 15) is 8.42 Å². The van der Waals surface area contributed by atoms with Crippen molar-refractivity contribution in [2.75, 3.05) is 26.2 Å². The van der Waals surface area contributed by atoms with Crippen LogP contribution >= 0.6 is 0 Å². The highest BCUT2D eigenvalue weighted by Gasteiger charge is 2.08. The van der Waals surface area contributed by atoms with E-state index in [1.807, 2.05) is 0 Å². The normalized spacial score (nSPS) is 11.2. The summed E-state index contributed by atoms with van der Waals surface area (Å²) in [6, 6.07) is 6.52. The lowest BCUT2D eigenvalue weighted by Crippen LogP contribution is -2.27. The molecule has 0 atom stereocenters. The first kappa shape index (κ1) is 28.0. The third kappa shape index (κ3) is 17.6. The van der Waals surface area contributed by atoms with Crippen molar-refractivity contribution in [2.24, 2.45) is 11.5 Å². The Hall–Kier alpha value is -0.990. The quantitative estimate of drug-likeness (QED) is 0.234. The lowest BCUT2D eigenvalue weighted by molar-refractivity contribution is 0.483. The molecule has 0 bridgehead atoms. The molecule has 0 radical (unpaired) electrons. The minimum atomic E-state index is -4.06. The zero-order chi connectivity index (χ0) is 21.8. The van der Waals surface area contributed by atoms with E-state index < -0.39 is 10.1 Å². The van der Waals surface area contributed by atoms with Gasteiger partial charge in [-0.1, -0.05) is 76.8 Å². The number of rotatable bonds is 16. The topological polar surface area (TPSA) is 118 Å². The SMILES string of the molecule is CCCCCCCCCCCCc1ccc(S(=O)(=O)O)cc1.NCCNCCN. The van der Waals surface area contributed by atoms with Crippen LogP contribution in [-0.4, -0.2) is 39.1 Å². The van der Waals surface area contributed by atoms with Gasteiger partial charge < -0.3 is 16.8 Å². The molecule has 0 spiro atoms. The minimum Gasteiger partial charge on any atom is -0.329 e. The predicted octanol–water partition coefficient (Wildman–Crippen LogP) is 3.89. The lowest BCUT2D eigenvalue weighted by atomic mass is 10.0. The molecule has 170 valence electrons. The Morgan fingerprint density at radius 1 is 0.793 bits per heavy atom. The summed E-state index contributed by atoms with van der Waals surface area (Å²) in [5, 5.41) is 3.03. The first-order chi connectivity index (χ1) is 14.0. The molecule has 0 fully saturated rings. The van der Waals surface area contributed by atoms with Gasteiger partial charge >= 0.3 is 0 Å². The van der Waals surface area contributed by atoms with Crippen LogP contribution in [0.15, 0.2) is 29.2 Å². The Balaban J connectivity index is 0.000000956. The molecule has 0 aliphatic carbocycles. The van der Waals surface area contributed by atoms with Crippen LogP contribution in [0.1, 0.15) is 76.7 Å². The summed E-state index contributed by atoms with van der Waals surface area (Å²) in [7, 11) is -4.06. The molecule has 29 heavy (non-hydrogen) atoms. The van der Waals surface area contributed by atoms with Gasteiger partial charge in [-0.25, -0.2) is 0 Å². The average Bonchev–Trinajstić information content (AvgIpc) is 2.70. The fraction of sp³-hybridized carbons (Fsp3) is 0.727. The summed E-state index contributed by atoms with van der Waals surface area (Å²) in [6.45, 7) is 5.38. The molecule has 0 amide bonds. The number of aryl methyl sites for hydroxylation is 1. The second-order valence-electron chi connectivity index (χ2n) is 7.38. The van der Waals surface area contributed by atoms with Gasteiger partial charge in [0.25, 0.3) is 10.1 Å². The Bertz CT molecular complexity index is 573. The molecular weight excluding hydrogens is 386 g/mol. The molecule has 7 heteroatoms. The van der Waals surface area contributed by atoms with E-state index >= 15 is 0 Å². The van der Waals surface area contributed by atoms with Crippen LogP contribution in [0.4, 0.5) is 0 Å². The van der Waals surface area contributed by atoms with Gasteiger partial charge in [-0.3, -0.25) is 4.55 Å². The summed E-state index contributed by atoms with van der Waals surface area (Å²) in [5.74, 6) is 0. The summed E-state index contributed by atoms with van der Waals surface area (Å²) in [6.07, 6.45) is 14.1. The Kier molecular flexibility index (Phi) is 18.4. The van der Waals surface area contributed by atoms with Crippen LogP contribution in [0, 0.1) is 0 Å². The first-order valence-electron chi connectivity index (χ1n) is 11.1. The maximum absolute atomic E-state index is 10.9. The first-order valence-corrected chi connectivity index (χ1v) is 12.6. The van der Waals surface area contributed by atoms with Crippen molar-refractivity contribution < 1.29 is 13.0 Å². The molecule has 6 nitrogen and oxygen atoms in total. The fourth-order valence-corrected chi connectivity index (χ4v) is 3.45. The van der Waals surface area contributed by atoms with Crippen molar-refractivity contribution in [2.45, 2.75) is 82.4 Å². The third-order valence-corrected chi connectivity index (χ3v) is 5.55. The third-order valence-electron chi connectivity index (χ3n) is 4.68. The maximum Gasteiger partial charge on any atom is 0.294 e. The number of nitrogens with one attached hydrogen (secondary N) is 1. The summed E-state index contributed by atoms with van der Waals surface area (Å²) < 4.78 is 30.8.